The first-order valence-corrected chi connectivity index (χ1v) is 6.95. The van der Waals surface area contributed by atoms with Gasteiger partial charge in [-0.3, -0.25) is 4.79 Å². The molecule has 0 saturated carbocycles. The fourth-order valence-electron chi connectivity index (χ4n) is 1.69. The first-order chi connectivity index (χ1) is 10.1. The van der Waals surface area contributed by atoms with E-state index in [0.717, 1.165) is 18.7 Å². The molecule has 0 bridgehead atoms. The SMILES string of the molecule is CCCNc1ccc(C(=O)Nc2cccc(Cl)c2F)nc1. The van der Waals surface area contributed by atoms with Crippen molar-refractivity contribution in [1.29, 1.82) is 0 Å². The molecule has 0 fully saturated rings. The average Bonchev–Trinajstić information content (AvgIpc) is 2.50. The summed E-state index contributed by atoms with van der Waals surface area (Å²) >= 11 is 5.66. The van der Waals surface area contributed by atoms with Crippen LogP contribution in [0.15, 0.2) is 36.5 Å². The highest BCUT2D eigenvalue weighted by Gasteiger charge is 2.12. The Morgan fingerprint density at radius 3 is 2.81 bits per heavy atom. The van der Waals surface area contributed by atoms with Crippen molar-refractivity contribution in [2.24, 2.45) is 0 Å². The van der Waals surface area contributed by atoms with Crippen molar-refractivity contribution in [3.63, 3.8) is 0 Å². The molecule has 6 heteroatoms. The van der Waals surface area contributed by atoms with Crippen LogP contribution in [0.2, 0.25) is 5.02 Å². The van der Waals surface area contributed by atoms with Gasteiger partial charge in [0.25, 0.3) is 5.91 Å². The zero-order valence-corrected chi connectivity index (χ0v) is 12.2. The van der Waals surface area contributed by atoms with Gasteiger partial charge in [0, 0.05) is 6.54 Å². The highest BCUT2D eigenvalue weighted by molar-refractivity contribution is 6.31. The molecule has 1 amide bonds. The Labute approximate surface area is 127 Å². The number of rotatable bonds is 5. The van der Waals surface area contributed by atoms with Crippen molar-refractivity contribution >= 4 is 28.9 Å². The van der Waals surface area contributed by atoms with Crippen LogP contribution >= 0.6 is 11.6 Å². The third kappa shape index (κ3) is 3.92. The Kier molecular flexibility index (Phi) is 5.11. The Hall–Kier alpha value is -2.14. The number of anilines is 2. The van der Waals surface area contributed by atoms with E-state index in [-0.39, 0.29) is 16.4 Å². The second-order valence-electron chi connectivity index (χ2n) is 4.41. The molecule has 1 aromatic heterocycles. The van der Waals surface area contributed by atoms with Crippen molar-refractivity contribution in [3.8, 4) is 0 Å². The van der Waals surface area contributed by atoms with Crippen molar-refractivity contribution in [2.75, 3.05) is 17.2 Å². The van der Waals surface area contributed by atoms with Crippen molar-refractivity contribution in [3.05, 3.63) is 53.1 Å². The maximum atomic E-state index is 13.7. The predicted molar refractivity (Wildman–Crippen MR) is 82.4 cm³/mol. The van der Waals surface area contributed by atoms with Crippen LogP contribution in [0.25, 0.3) is 0 Å². The number of benzene rings is 1. The predicted octanol–water partition coefficient (Wildman–Crippen LogP) is 3.95. The fraction of sp³-hybridized carbons (Fsp3) is 0.200. The van der Waals surface area contributed by atoms with E-state index in [1.807, 2.05) is 0 Å². The van der Waals surface area contributed by atoms with Crippen LogP contribution in [0.3, 0.4) is 0 Å². The molecule has 1 aromatic carbocycles. The van der Waals surface area contributed by atoms with Gasteiger partial charge in [-0.2, -0.15) is 0 Å². The van der Waals surface area contributed by atoms with Gasteiger partial charge in [-0.05, 0) is 30.7 Å². The molecule has 2 rings (SSSR count). The number of hydrogen-bond donors (Lipinski definition) is 2. The summed E-state index contributed by atoms with van der Waals surface area (Å²) in [4.78, 5) is 16.0. The second kappa shape index (κ2) is 7.04. The number of aromatic nitrogens is 1. The summed E-state index contributed by atoms with van der Waals surface area (Å²) in [5.74, 6) is -1.15. The van der Waals surface area contributed by atoms with Crippen LogP contribution in [0.1, 0.15) is 23.8 Å². The molecular weight excluding hydrogens is 293 g/mol. The number of carbonyl (C=O) groups is 1. The van der Waals surface area contributed by atoms with E-state index in [2.05, 4.69) is 22.5 Å². The van der Waals surface area contributed by atoms with Gasteiger partial charge in [0.2, 0.25) is 0 Å². The van der Waals surface area contributed by atoms with E-state index in [4.69, 9.17) is 11.6 Å². The minimum absolute atomic E-state index is 0.0301. The number of nitrogens with zero attached hydrogens (tertiary/aromatic N) is 1. The van der Waals surface area contributed by atoms with Crippen LogP contribution in [0.4, 0.5) is 15.8 Å². The minimum atomic E-state index is -0.659. The molecule has 4 nitrogen and oxygen atoms in total. The lowest BCUT2D eigenvalue weighted by Crippen LogP contribution is -2.14. The lowest BCUT2D eigenvalue weighted by Gasteiger charge is -2.08. The molecule has 110 valence electrons. The van der Waals surface area contributed by atoms with Gasteiger partial charge >= 0.3 is 0 Å². The first-order valence-electron chi connectivity index (χ1n) is 6.57. The van der Waals surface area contributed by atoms with Crippen molar-refractivity contribution in [1.82, 2.24) is 4.98 Å². The summed E-state index contributed by atoms with van der Waals surface area (Å²) in [6.45, 7) is 2.89. The highest BCUT2D eigenvalue weighted by atomic mass is 35.5. The molecule has 0 atom stereocenters. The second-order valence-corrected chi connectivity index (χ2v) is 4.82. The van der Waals surface area contributed by atoms with E-state index < -0.39 is 11.7 Å². The van der Waals surface area contributed by atoms with Gasteiger partial charge in [0.1, 0.15) is 5.69 Å². The summed E-state index contributed by atoms with van der Waals surface area (Å²) in [5.41, 5.74) is 1.07. The molecule has 0 aliphatic rings. The Balaban J connectivity index is 2.08. The zero-order chi connectivity index (χ0) is 15.2. The van der Waals surface area contributed by atoms with Crippen LogP contribution in [0, 0.1) is 5.82 Å². The van der Waals surface area contributed by atoms with E-state index in [0.29, 0.717) is 0 Å². The standard InChI is InChI=1S/C15H15ClFN3O/c1-2-8-18-10-6-7-13(19-9-10)15(21)20-12-5-3-4-11(16)14(12)17/h3-7,9,18H,2,8H2,1H3,(H,20,21). The average molecular weight is 308 g/mol. The monoisotopic (exact) mass is 307 g/mol. The Morgan fingerprint density at radius 1 is 1.33 bits per heavy atom. The fourth-order valence-corrected chi connectivity index (χ4v) is 1.86. The van der Waals surface area contributed by atoms with Gasteiger partial charge in [-0.1, -0.05) is 24.6 Å². The number of pyridine rings is 1. The lowest BCUT2D eigenvalue weighted by atomic mass is 10.2. The number of carbonyl (C=O) groups excluding carboxylic acids is 1. The van der Waals surface area contributed by atoms with E-state index in [1.54, 1.807) is 24.4 Å². The molecule has 0 unspecified atom stereocenters. The summed E-state index contributed by atoms with van der Waals surface area (Å²) in [6.07, 6.45) is 2.56. The Bertz CT molecular complexity index is 631. The summed E-state index contributed by atoms with van der Waals surface area (Å²) in [5, 5.41) is 5.56. The van der Waals surface area contributed by atoms with Crippen molar-refractivity contribution < 1.29 is 9.18 Å². The van der Waals surface area contributed by atoms with Crippen LogP contribution < -0.4 is 10.6 Å². The van der Waals surface area contributed by atoms with E-state index in [1.165, 1.54) is 12.1 Å². The molecular formula is C15H15ClFN3O. The quantitative estimate of drug-likeness (QED) is 0.879. The minimum Gasteiger partial charge on any atom is -0.384 e. The van der Waals surface area contributed by atoms with E-state index >= 15 is 0 Å². The molecule has 0 spiro atoms. The topological polar surface area (TPSA) is 54.0 Å². The third-order valence-corrected chi connectivity index (χ3v) is 3.07. The molecule has 2 N–H and O–H groups in total. The summed E-state index contributed by atoms with van der Waals surface area (Å²) in [6, 6.07) is 7.75. The highest BCUT2D eigenvalue weighted by Crippen LogP contribution is 2.22. The molecule has 0 radical (unpaired) electrons. The molecule has 21 heavy (non-hydrogen) atoms. The van der Waals surface area contributed by atoms with Gasteiger partial charge in [0.05, 0.1) is 22.6 Å². The van der Waals surface area contributed by atoms with Gasteiger partial charge in [-0.25, -0.2) is 9.37 Å². The number of halogens is 2. The summed E-state index contributed by atoms with van der Waals surface area (Å²) < 4.78 is 13.7. The number of hydrogen-bond acceptors (Lipinski definition) is 3. The van der Waals surface area contributed by atoms with Crippen LogP contribution in [0.5, 0.6) is 0 Å². The van der Waals surface area contributed by atoms with Crippen molar-refractivity contribution in [2.45, 2.75) is 13.3 Å². The largest absolute Gasteiger partial charge is 0.384 e. The molecule has 0 aliphatic carbocycles. The maximum absolute atomic E-state index is 13.7. The molecule has 0 aliphatic heterocycles. The zero-order valence-electron chi connectivity index (χ0n) is 11.5. The number of amides is 1. The smallest absolute Gasteiger partial charge is 0.274 e. The third-order valence-electron chi connectivity index (χ3n) is 2.78. The molecule has 0 saturated heterocycles. The summed E-state index contributed by atoms with van der Waals surface area (Å²) in [7, 11) is 0. The first kappa shape index (κ1) is 15.3. The van der Waals surface area contributed by atoms with Crippen LogP contribution in [-0.4, -0.2) is 17.4 Å². The molecule has 2 aromatic rings. The maximum Gasteiger partial charge on any atom is 0.274 e. The number of nitrogens with one attached hydrogen (secondary N) is 2. The normalized spacial score (nSPS) is 10.2. The van der Waals surface area contributed by atoms with Gasteiger partial charge in [0.15, 0.2) is 5.82 Å². The van der Waals surface area contributed by atoms with Gasteiger partial charge in [-0.15, -0.1) is 0 Å². The molecule has 1 heterocycles. The van der Waals surface area contributed by atoms with Gasteiger partial charge < -0.3 is 10.6 Å². The lowest BCUT2D eigenvalue weighted by molar-refractivity contribution is 0.102. The van der Waals surface area contributed by atoms with Crippen LogP contribution in [-0.2, 0) is 0 Å². The Morgan fingerprint density at radius 2 is 2.14 bits per heavy atom. The van der Waals surface area contributed by atoms with E-state index in [9.17, 15) is 9.18 Å².